The Morgan fingerprint density at radius 3 is 2.27 bits per heavy atom. The van der Waals surface area contributed by atoms with E-state index in [1.165, 1.54) is 18.1 Å². The Hall–Kier alpha value is -2.71. The van der Waals surface area contributed by atoms with Gasteiger partial charge < -0.3 is 15.5 Å². The molecule has 1 aliphatic rings. The van der Waals surface area contributed by atoms with E-state index in [4.69, 9.17) is 34.8 Å². The third-order valence-corrected chi connectivity index (χ3v) is 6.25. The first kappa shape index (κ1) is 28.9. The summed E-state index contributed by atoms with van der Waals surface area (Å²) in [6, 6.07) is 0.587. The third kappa shape index (κ3) is 6.99. The van der Waals surface area contributed by atoms with Gasteiger partial charge in [0.05, 0.1) is 17.3 Å². The Morgan fingerprint density at radius 2 is 1.76 bits per heavy atom. The SMILES string of the molecule is CCC1CC(N(Cc2cc(C(F)(F)F)cc(C(F)(F)F)c2)/C([NH-])=N/N(C)N)CN1c1nc(Cl)ncc1Cl. The second-order valence-electron chi connectivity index (χ2n) is 8.45. The van der Waals surface area contributed by atoms with Crippen molar-refractivity contribution in [1.29, 1.82) is 0 Å². The maximum Gasteiger partial charge on any atom is 0.416 e. The van der Waals surface area contributed by atoms with Gasteiger partial charge in [0.15, 0.2) is 5.82 Å². The molecule has 0 radical (unpaired) electrons. The summed E-state index contributed by atoms with van der Waals surface area (Å²) in [5.74, 6) is 5.42. The van der Waals surface area contributed by atoms with Gasteiger partial charge in [0.2, 0.25) is 5.28 Å². The molecule has 2 heterocycles. The highest BCUT2D eigenvalue weighted by atomic mass is 35.5. The molecule has 2 aromatic rings. The lowest BCUT2D eigenvalue weighted by atomic mass is 10.0. The van der Waals surface area contributed by atoms with Crippen molar-refractivity contribution < 1.29 is 26.3 Å². The molecular formula is C21H23Cl2F6N8-. The van der Waals surface area contributed by atoms with Gasteiger partial charge in [0.25, 0.3) is 0 Å². The van der Waals surface area contributed by atoms with Crippen LogP contribution in [0.4, 0.5) is 32.2 Å². The number of halogens is 8. The maximum absolute atomic E-state index is 13.4. The van der Waals surface area contributed by atoms with Crippen molar-refractivity contribution in [3.63, 3.8) is 0 Å². The first-order valence-corrected chi connectivity index (χ1v) is 11.6. The molecular weight excluding hydrogens is 549 g/mol. The zero-order chi connectivity index (χ0) is 27.7. The fraction of sp³-hybridized carbons (Fsp3) is 0.476. The molecule has 0 spiro atoms. The van der Waals surface area contributed by atoms with Gasteiger partial charge in [0, 0.05) is 31.6 Å². The number of hydrazine groups is 1. The number of guanidine groups is 1. The summed E-state index contributed by atoms with van der Waals surface area (Å²) in [6.07, 6.45) is -7.70. The molecule has 1 aromatic carbocycles. The number of hydrogen-bond donors (Lipinski definition) is 1. The summed E-state index contributed by atoms with van der Waals surface area (Å²) in [5, 5.41) is 4.81. The molecule has 1 aliphatic heterocycles. The van der Waals surface area contributed by atoms with Crippen molar-refractivity contribution in [2.75, 3.05) is 18.5 Å². The van der Waals surface area contributed by atoms with E-state index < -0.39 is 42.0 Å². The van der Waals surface area contributed by atoms with Crippen LogP contribution in [0.3, 0.4) is 0 Å². The molecule has 2 atom stereocenters. The van der Waals surface area contributed by atoms with Gasteiger partial charge in [-0.1, -0.05) is 18.5 Å². The van der Waals surface area contributed by atoms with Crippen LogP contribution in [0, 0.1) is 0 Å². The molecule has 204 valence electrons. The van der Waals surface area contributed by atoms with Gasteiger partial charge in [-0.05, 0) is 54.7 Å². The fourth-order valence-electron chi connectivity index (χ4n) is 4.19. The van der Waals surface area contributed by atoms with Crippen molar-refractivity contribution in [1.82, 2.24) is 20.0 Å². The van der Waals surface area contributed by atoms with Gasteiger partial charge in [-0.2, -0.15) is 31.3 Å². The summed E-state index contributed by atoms with van der Waals surface area (Å²) in [6.45, 7) is 1.62. The highest BCUT2D eigenvalue weighted by Gasteiger charge is 2.38. The van der Waals surface area contributed by atoms with Gasteiger partial charge in [0.1, 0.15) is 5.02 Å². The number of alkyl halides is 6. The molecule has 0 amide bonds. The second-order valence-corrected chi connectivity index (χ2v) is 9.20. The number of rotatable bonds is 6. The smallest absolute Gasteiger partial charge is 0.416 e. The fourth-order valence-corrected chi connectivity index (χ4v) is 4.52. The third-order valence-electron chi connectivity index (χ3n) is 5.80. The van der Waals surface area contributed by atoms with Crippen LogP contribution in [-0.2, 0) is 18.9 Å². The van der Waals surface area contributed by atoms with Crippen molar-refractivity contribution in [3.8, 4) is 0 Å². The van der Waals surface area contributed by atoms with Crippen molar-refractivity contribution in [2.45, 2.75) is 50.7 Å². The van der Waals surface area contributed by atoms with Crippen LogP contribution < -0.4 is 10.7 Å². The van der Waals surface area contributed by atoms with Gasteiger partial charge in [-0.3, -0.25) is 10.2 Å². The Labute approximate surface area is 218 Å². The molecule has 0 bridgehead atoms. The van der Waals surface area contributed by atoms with Crippen molar-refractivity contribution >= 4 is 35.0 Å². The van der Waals surface area contributed by atoms with E-state index in [9.17, 15) is 26.3 Å². The number of aromatic nitrogens is 2. The largest absolute Gasteiger partial charge is 0.416 e. The van der Waals surface area contributed by atoms with E-state index in [0.29, 0.717) is 30.8 Å². The van der Waals surface area contributed by atoms with Crippen LogP contribution in [0.2, 0.25) is 10.3 Å². The van der Waals surface area contributed by atoms with Gasteiger partial charge >= 0.3 is 12.4 Å². The molecule has 3 rings (SSSR count). The molecule has 0 saturated carbocycles. The molecule has 16 heteroatoms. The highest BCUT2D eigenvalue weighted by Crippen LogP contribution is 2.38. The van der Waals surface area contributed by atoms with Crippen LogP contribution in [0.5, 0.6) is 0 Å². The van der Waals surface area contributed by atoms with Crippen LogP contribution in [0.25, 0.3) is 5.73 Å². The normalized spacial score (nSPS) is 18.9. The molecule has 1 saturated heterocycles. The lowest BCUT2D eigenvalue weighted by Crippen LogP contribution is -2.41. The predicted molar refractivity (Wildman–Crippen MR) is 128 cm³/mol. The lowest BCUT2D eigenvalue weighted by molar-refractivity contribution is -0.143. The Kier molecular flexibility index (Phi) is 8.54. The summed E-state index contributed by atoms with van der Waals surface area (Å²) in [4.78, 5) is 11.1. The number of nitrogens with one attached hydrogen (secondary N) is 1. The average Bonchev–Trinajstić information content (AvgIpc) is 3.21. The zero-order valence-corrected chi connectivity index (χ0v) is 21.1. The molecule has 0 aliphatic carbocycles. The minimum absolute atomic E-state index is 0.0503. The number of hydrazone groups is 1. The zero-order valence-electron chi connectivity index (χ0n) is 19.6. The van der Waals surface area contributed by atoms with Crippen LogP contribution in [-0.4, -0.2) is 51.6 Å². The number of hydrogen-bond acceptors (Lipinski definition) is 6. The molecule has 2 unspecified atom stereocenters. The topological polar surface area (TPSA) is 97.7 Å². The minimum atomic E-state index is -5.00. The van der Waals surface area contributed by atoms with E-state index in [-0.39, 0.29) is 34.5 Å². The standard InChI is InChI=1S/C21H23Cl2F6N8/c1-3-14-7-15(10-36(14)17-16(22)8-32-18(23)33-17)37(19(30)34-35(2)31)9-11-4-12(20(24,25)26)6-13(5-11)21(27,28)29/h4-6,8,14-15H,3,7,9-10,31H2,1-2H3,(H-,30,34)/q-1. The first-order chi connectivity index (χ1) is 17.1. The lowest BCUT2D eigenvalue weighted by Gasteiger charge is -2.38. The second kappa shape index (κ2) is 11.0. The Morgan fingerprint density at radius 1 is 1.16 bits per heavy atom. The van der Waals surface area contributed by atoms with E-state index in [1.54, 1.807) is 0 Å². The molecule has 3 N–H and O–H groups in total. The monoisotopic (exact) mass is 571 g/mol. The van der Waals surface area contributed by atoms with Crippen LogP contribution in [0.15, 0.2) is 29.5 Å². The Balaban J connectivity index is 2.04. The van der Waals surface area contributed by atoms with E-state index in [1.807, 2.05) is 11.8 Å². The summed E-state index contributed by atoms with van der Waals surface area (Å²) < 4.78 is 80.4. The van der Waals surface area contributed by atoms with Gasteiger partial charge in [-0.25, -0.2) is 10.8 Å². The maximum atomic E-state index is 13.4. The first-order valence-electron chi connectivity index (χ1n) is 10.9. The molecule has 8 nitrogen and oxygen atoms in total. The van der Waals surface area contributed by atoms with Crippen LogP contribution in [0.1, 0.15) is 36.5 Å². The van der Waals surface area contributed by atoms with E-state index >= 15 is 0 Å². The number of nitrogens with zero attached hydrogens (tertiary/aromatic N) is 6. The summed E-state index contributed by atoms with van der Waals surface area (Å²) in [7, 11) is 1.33. The molecule has 1 aromatic heterocycles. The summed E-state index contributed by atoms with van der Waals surface area (Å²) in [5.41, 5.74) is 5.23. The van der Waals surface area contributed by atoms with E-state index in [0.717, 1.165) is 5.12 Å². The number of anilines is 1. The molecule has 1 fully saturated rings. The minimum Gasteiger partial charge on any atom is -0.416 e. The van der Waals surface area contributed by atoms with Crippen molar-refractivity contribution in [2.24, 2.45) is 10.9 Å². The summed E-state index contributed by atoms with van der Waals surface area (Å²) >= 11 is 12.2. The highest BCUT2D eigenvalue weighted by molar-refractivity contribution is 6.33. The van der Waals surface area contributed by atoms with Crippen molar-refractivity contribution in [3.05, 3.63) is 57.1 Å². The van der Waals surface area contributed by atoms with Crippen LogP contribution >= 0.6 is 23.2 Å². The number of benzene rings is 1. The van der Waals surface area contributed by atoms with E-state index in [2.05, 4.69) is 15.1 Å². The number of nitrogens with two attached hydrogens (primary N) is 1. The quantitative estimate of drug-likeness (QED) is 0.117. The van der Waals surface area contributed by atoms with Gasteiger partial charge in [-0.15, -0.1) is 0 Å². The average molecular weight is 572 g/mol. The predicted octanol–water partition coefficient (Wildman–Crippen LogP) is 5.81. The molecule has 37 heavy (non-hydrogen) atoms. The Bertz CT molecular complexity index is 1110.